The Morgan fingerprint density at radius 1 is 1.00 bits per heavy atom. The van der Waals surface area contributed by atoms with Gasteiger partial charge in [-0.25, -0.2) is 4.39 Å². The van der Waals surface area contributed by atoms with Crippen molar-refractivity contribution < 1.29 is 4.39 Å². The molecule has 0 N–H and O–H groups in total. The Morgan fingerprint density at radius 3 is 2.44 bits per heavy atom. The summed E-state index contributed by atoms with van der Waals surface area (Å²) in [4.78, 5) is 33.6. The van der Waals surface area contributed by atoms with E-state index in [2.05, 4.69) is 9.97 Å². The molecule has 3 saturated carbocycles. The second-order valence-corrected chi connectivity index (χ2v) is 7.57. The molecule has 3 aromatic heterocycles. The number of pyridine rings is 2. The highest BCUT2D eigenvalue weighted by Crippen LogP contribution is 2.66. The molecule has 7 heteroatoms. The van der Waals surface area contributed by atoms with Crippen LogP contribution in [0.5, 0.6) is 0 Å². The highest BCUT2D eigenvalue weighted by atomic mass is 19.1. The van der Waals surface area contributed by atoms with Gasteiger partial charge in [0, 0.05) is 49.6 Å². The third-order valence-corrected chi connectivity index (χ3v) is 5.62. The van der Waals surface area contributed by atoms with E-state index in [0.29, 0.717) is 25.0 Å². The number of alkyl halides is 1. The maximum Gasteiger partial charge on any atom is 0.316 e. The van der Waals surface area contributed by atoms with E-state index in [0.717, 1.165) is 11.3 Å². The van der Waals surface area contributed by atoms with Crippen molar-refractivity contribution in [3.63, 3.8) is 0 Å². The first-order valence-electron chi connectivity index (χ1n) is 8.86. The van der Waals surface area contributed by atoms with Crippen molar-refractivity contribution in [3.05, 3.63) is 81.5 Å². The quantitative estimate of drug-likeness (QED) is 0.665. The molecule has 0 amide bonds. The van der Waals surface area contributed by atoms with Crippen LogP contribution >= 0.6 is 0 Å². The van der Waals surface area contributed by atoms with Gasteiger partial charge in [0.15, 0.2) is 0 Å². The molecule has 3 aliphatic rings. The molecular formula is C20H17FN4O2. The molecule has 2 bridgehead atoms. The number of rotatable bonds is 4. The monoisotopic (exact) mass is 364 g/mol. The zero-order chi connectivity index (χ0) is 18.6. The second kappa shape index (κ2) is 5.45. The molecular weight excluding hydrogens is 347 g/mol. The van der Waals surface area contributed by atoms with Crippen LogP contribution < -0.4 is 11.1 Å². The Labute approximate surface area is 154 Å². The number of nitrogens with zero attached hydrogens (tertiary/aromatic N) is 4. The number of hydrogen-bond acceptors (Lipinski definition) is 4. The highest BCUT2D eigenvalue weighted by molar-refractivity contribution is 5.57. The molecule has 0 unspecified atom stereocenters. The number of halogens is 1. The summed E-state index contributed by atoms with van der Waals surface area (Å²) in [6.07, 6.45) is 7.61. The Hall–Kier alpha value is -3.09. The fraction of sp³-hybridized carbons (Fsp3) is 0.300. The van der Waals surface area contributed by atoms with E-state index in [1.165, 1.54) is 9.13 Å². The normalized spacial score (nSPS) is 25.5. The van der Waals surface area contributed by atoms with Crippen LogP contribution in [0, 0.1) is 0 Å². The summed E-state index contributed by atoms with van der Waals surface area (Å²) in [5, 5.41) is 0. The zero-order valence-electron chi connectivity index (χ0n) is 14.5. The minimum absolute atomic E-state index is 0.206. The van der Waals surface area contributed by atoms with Crippen LogP contribution in [0.25, 0.3) is 11.3 Å². The summed E-state index contributed by atoms with van der Waals surface area (Å²) in [5.74, 6) is 0. The standard InChI is InChI=1S/C20H17FN4O2/c21-19-11-20(12-19,13-19)25-8-7-24(17(26)18(25)27)10-15-5-4-14(9-23-15)16-3-1-2-6-22-16/h1-9H,10-13H2. The molecule has 3 aromatic rings. The van der Waals surface area contributed by atoms with Crippen LogP contribution in [0.4, 0.5) is 4.39 Å². The lowest BCUT2D eigenvalue weighted by atomic mass is 9.47. The molecule has 0 radical (unpaired) electrons. The maximum absolute atomic E-state index is 13.7. The van der Waals surface area contributed by atoms with Crippen molar-refractivity contribution in [2.45, 2.75) is 37.0 Å². The largest absolute Gasteiger partial charge is 0.316 e. The van der Waals surface area contributed by atoms with Gasteiger partial charge in [-0.1, -0.05) is 6.07 Å². The molecule has 0 atom stereocenters. The van der Waals surface area contributed by atoms with Gasteiger partial charge in [-0.15, -0.1) is 0 Å². The van der Waals surface area contributed by atoms with Crippen molar-refractivity contribution >= 4 is 0 Å². The Balaban J connectivity index is 1.39. The van der Waals surface area contributed by atoms with Gasteiger partial charge in [-0.3, -0.25) is 19.6 Å². The van der Waals surface area contributed by atoms with Crippen molar-refractivity contribution in [3.8, 4) is 11.3 Å². The molecule has 6 nitrogen and oxygen atoms in total. The minimum atomic E-state index is -1.12. The van der Waals surface area contributed by atoms with Gasteiger partial charge < -0.3 is 9.13 Å². The molecule has 6 rings (SSSR count). The summed E-state index contributed by atoms with van der Waals surface area (Å²) in [6.45, 7) is 0.206. The van der Waals surface area contributed by atoms with Gasteiger partial charge in [0.25, 0.3) is 0 Å². The van der Waals surface area contributed by atoms with Crippen molar-refractivity contribution in [1.29, 1.82) is 0 Å². The van der Waals surface area contributed by atoms with Crippen LogP contribution in [0.2, 0.25) is 0 Å². The zero-order valence-corrected chi connectivity index (χ0v) is 14.5. The van der Waals surface area contributed by atoms with Gasteiger partial charge >= 0.3 is 11.1 Å². The van der Waals surface area contributed by atoms with Crippen LogP contribution in [0.15, 0.2) is 64.7 Å². The third-order valence-electron chi connectivity index (χ3n) is 5.62. The molecule has 0 aromatic carbocycles. The van der Waals surface area contributed by atoms with Crippen molar-refractivity contribution in [2.24, 2.45) is 0 Å². The van der Waals surface area contributed by atoms with Crippen LogP contribution in [-0.2, 0) is 12.1 Å². The Kier molecular flexibility index (Phi) is 3.25. The SMILES string of the molecule is O=c1c(=O)n(C23CC(F)(C2)C3)ccn1Cc1ccc(-c2ccccn2)cn1. The molecule has 136 valence electrons. The first-order chi connectivity index (χ1) is 13.0. The van der Waals surface area contributed by atoms with Gasteiger partial charge in [-0.05, 0) is 24.3 Å². The summed E-state index contributed by atoms with van der Waals surface area (Å²) < 4.78 is 16.5. The van der Waals surface area contributed by atoms with E-state index in [1.807, 2.05) is 30.3 Å². The average Bonchev–Trinajstić information content (AvgIpc) is 2.64. The predicted octanol–water partition coefficient (Wildman–Crippen LogP) is 2.12. The van der Waals surface area contributed by atoms with E-state index in [-0.39, 0.29) is 6.54 Å². The second-order valence-electron chi connectivity index (χ2n) is 7.57. The van der Waals surface area contributed by atoms with Crippen molar-refractivity contribution in [1.82, 2.24) is 19.1 Å². The highest BCUT2D eigenvalue weighted by Gasteiger charge is 2.70. The predicted molar refractivity (Wildman–Crippen MR) is 97.2 cm³/mol. The van der Waals surface area contributed by atoms with Crippen LogP contribution in [0.3, 0.4) is 0 Å². The summed E-state index contributed by atoms with van der Waals surface area (Å²) in [7, 11) is 0. The van der Waals surface area contributed by atoms with Gasteiger partial charge in [0.1, 0.15) is 5.67 Å². The van der Waals surface area contributed by atoms with Gasteiger partial charge in [0.2, 0.25) is 0 Å². The van der Waals surface area contributed by atoms with E-state index in [1.54, 1.807) is 24.8 Å². The first kappa shape index (κ1) is 16.1. The number of aromatic nitrogens is 4. The fourth-order valence-corrected chi connectivity index (χ4v) is 4.25. The molecule has 3 aliphatic carbocycles. The molecule has 0 saturated heterocycles. The Morgan fingerprint density at radius 2 is 1.81 bits per heavy atom. The molecule has 3 fully saturated rings. The summed E-state index contributed by atoms with van der Waals surface area (Å²) in [6, 6.07) is 9.35. The van der Waals surface area contributed by atoms with E-state index >= 15 is 0 Å². The van der Waals surface area contributed by atoms with E-state index in [9.17, 15) is 14.0 Å². The Bertz CT molecular complexity index is 1120. The van der Waals surface area contributed by atoms with Gasteiger partial charge in [-0.2, -0.15) is 0 Å². The maximum atomic E-state index is 13.7. The smallest absolute Gasteiger partial charge is 0.303 e. The van der Waals surface area contributed by atoms with Crippen LogP contribution in [-0.4, -0.2) is 24.8 Å². The summed E-state index contributed by atoms with van der Waals surface area (Å²) >= 11 is 0. The lowest BCUT2D eigenvalue weighted by Crippen LogP contribution is -2.72. The molecule has 3 heterocycles. The lowest BCUT2D eigenvalue weighted by Gasteiger charge is -2.65. The molecule has 27 heavy (non-hydrogen) atoms. The topological polar surface area (TPSA) is 69.8 Å². The van der Waals surface area contributed by atoms with Gasteiger partial charge in [0.05, 0.1) is 23.5 Å². The van der Waals surface area contributed by atoms with E-state index in [4.69, 9.17) is 0 Å². The van der Waals surface area contributed by atoms with Crippen molar-refractivity contribution in [2.75, 3.05) is 0 Å². The molecule has 0 aliphatic heterocycles. The third kappa shape index (κ3) is 2.45. The van der Waals surface area contributed by atoms with E-state index < -0.39 is 22.3 Å². The number of hydrogen-bond donors (Lipinski definition) is 0. The lowest BCUT2D eigenvalue weighted by molar-refractivity contribution is -0.199. The average molecular weight is 364 g/mol. The first-order valence-corrected chi connectivity index (χ1v) is 8.86. The fourth-order valence-electron chi connectivity index (χ4n) is 4.25. The van der Waals surface area contributed by atoms with Crippen LogP contribution in [0.1, 0.15) is 25.0 Å². The minimum Gasteiger partial charge on any atom is -0.303 e. The summed E-state index contributed by atoms with van der Waals surface area (Å²) in [5.41, 5.74) is -0.427. The molecule has 0 spiro atoms.